The molecule has 0 amide bonds. The van der Waals surface area contributed by atoms with Gasteiger partial charge in [0, 0.05) is 19.2 Å². The summed E-state index contributed by atoms with van der Waals surface area (Å²) in [6.45, 7) is 13.0. The molecule has 6 heteroatoms. The molecule has 5 nitrogen and oxygen atoms in total. The Bertz CT molecular complexity index is 428. The van der Waals surface area contributed by atoms with Crippen molar-refractivity contribution in [3.8, 4) is 0 Å². The number of hydrogen-bond acceptors (Lipinski definition) is 3. The van der Waals surface area contributed by atoms with Crippen LogP contribution in [0.4, 0.5) is 0 Å². The Balaban J connectivity index is 0.00000441. The minimum absolute atomic E-state index is 0. The fourth-order valence-corrected chi connectivity index (χ4v) is 1.99. The molecule has 0 saturated carbocycles. The van der Waals surface area contributed by atoms with E-state index < -0.39 is 0 Å². The molecule has 0 spiro atoms. The van der Waals surface area contributed by atoms with Gasteiger partial charge in [-0.25, -0.2) is 4.99 Å². The van der Waals surface area contributed by atoms with Gasteiger partial charge < -0.3 is 15.2 Å². The zero-order chi connectivity index (χ0) is 15.7. The second-order valence-corrected chi connectivity index (χ2v) is 5.63. The first-order valence-electron chi connectivity index (χ1n) is 8.08. The first kappa shape index (κ1) is 21.2. The highest BCUT2D eigenvalue weighted by atomic mass is 127. The lowest BCUT2D eigenvalue weighted by Gasteiger charge is -2.16. The molecule has 0 fully saturated rings. The van der Waals surface area contributed by atoms with Gasteiger partial charge >= 0.3 is 0 Å². The van der Waals surface area contributed by atoms with Crippen molar-refractivity contribution >= 4 is 29.9 Å². The Morgan fingerprint density at radius 2 is 1.91 bits per heavy atom. The molecular formula is C16H31IN4O. The SMILES string of the molecule is CCNC(=NCc1cc(C(C)C)no1)NCC(CC)CC.I. The third kappa shape index (κ3) is 7.47. The highest BCUT2D eigenvalue weighted by Crippen LogP contribution is 2.14. The Hall–Kier alpha value is -0.790. The van der Waals surface area contributed by atoms with Crippen molar-refractivity contribution in [3.05, 3.63) is 17.5 Å². The van der Waals surface area contributed by atoms with E-state index >= 15 is 0 Å². The van der Waals surface area contributed by atoms with Crippen LogP contribution in [0.5, 0.6) is 0 Å². The first-order chi connectivity index (χ1) is 10.1. The minimum Gasteiger partial charge on any atom is -0.359 e. The number of nitrogens with one attached hydrogen (secondary N) is 2. The highest BCUT2D eigenvalue weighted by molar-refractivity contribution is 14.0. The zero-order valence-electron chi connectivity index (χ0n) is 14.5. The summed E-state index contributed by atoms with van der Waals surface area (Å²) in [5.41, 5.74) is 0.982. The molecule has 0 radical (unpaired) electrons. The van der Waals surface area contributed by atoms with Gasteiger partial charge in [0.2, 0.25) is 0 Å². The maximum Gasteiger partial charge on any atom is 0.191 e. The molecule has 2 N–H and O–H groups in total. The zero-order valence-corrected chi connectivity index (χ0v) is 16.8. The van der Waals surface area contributed by atoms with Crippen LogP contribution >= 0.6 is 24.0 Å². The molecule has 1 aromatic heterocycles. The second-order valence-electron chi connectivity index (χ2n) is 5.63. The number of halogens is 1. The quantitative estimate of drug-likeness (QED) is 0.379. The fraction of sp³-hybridized carbons (Fsp3) is 0.750. The summed E-state index contributed by atoms with van der Waals surface area (Å²) in [4.78, 5) is 4.56. The summed E-state index contributed by atoms with van der Waals surface area (Å²) in [6, 6.07) is 1.98. The van der Waals surface area contributed by atoms with Gasteiger partial charge in [-0.05, 0) is 18.8 Å². The summed E-state index contributed by atoms with van der Waals surface area (Å²) in [6.07, 6.45) is 2.37. The van der Waals surface area contributed by atoms with Crippen LogP contribution < -0.4 is 10.6 Å². The normalized spacial score (nSPS) is 11.7. The van der Waals surface area contributed by atoms with Crippen molar-refractivity contribution in [3.63, 3.8) is 0 Å². The molecule has 0 saturated heterocycles. The topological polar surface area (TPSA) is 62.5 Å². The number of guanidine groups is 1. The van der Waals surface area contributed by atoms with Crippen LogP contribution in [0.2, 0.25) is 0 Å². The van der Waals surface area contributed by atoms with E-state index in [1.54, 1.807) is 0 Å². The third-order valence-corrected chi connectivity index (χ3v) is 3.62. The third-order valence-electron chi connectivity index (χ3n) is 3.62. The predicted molar refractivity (Wildman–Crippen MR) is 103 cm³/mol. The molecule has 22 heavy (non-hydrogen) atoms. The van der Waals surface area contributed by atoms with E-state index in [1.807, 2.05) is 6.07 Å². The fourth-order valence-electron chi connectivity index (χ4n) is 1.99. The lowest BCUT2D eigenvalue weighted by Crippen LogP contribution is -2.39. The number of hydrogen-bond donors (Lipinski definition) is 2. The summed E-state index contributed by atoms with van der Waals surface area (Å²) >= 11 is 0. The van der Waals surface area contributed by atoms with E-state index in [1.165, 1.54) is 12.8 Å². The molecule has 1 aromatic rings. The van der Waals surface area contributed by atoms with E-state index in [-0.39, 0.29) is 24.0 Å². The van der Waals surface area contributed by atoms with Crippen LogP contribution in [0.1, 0.15) is 64.8 Å². The van der Waals surface area contributed by atoms with Gasteiger partial charge in [-0.2, -0.15) is 0 Å². The Morgan fingerprint density at radius 3 is 2.41 bits per heavy atom. The van der Waals surface area contributed by atoms with E-state index in [9.17, 15) is 0 Å². The molecule has 0 aliphatic rings. The van der Waals surface area contributed by atoms with Gasteiger partial charge in [0.1, 0.15) is 6.54 Å². The van der Waals surface area contributed by atoms with Crippen molar-refractivity contribution < 1.29 is 4.52 Å². The van der Waals surface area contributed by atoms with Gasteiger partial charge in [0.25, 0.3) is 0 Å². The van der Waals surface area contributed by atoms with Crippen molar-refractivity contribution in [2.45, 2.75) is 59.9 Å². The molecule has 1 heterocycles. The van der Waals surface area contributed by atoms with Crippen LogP contribution in [0, 0.1) is 5.92 Å². The molecule has 0 unspecified atom stereocenters. The Morgan fingerprint density at radius 1 is 1.23 bits per heavy atom. The average Bonchev–Trinajstić information content (AvgIpc) is 2.94. The number of nitrogens with zero attached hydrogens (tertiary/aromatic N) is 2. The van der Waals surface area contributed by atoms with Crippen molar-refractivity contribution in [1.82, 2.24) is 15.8 Å². The Labute approximate surface area is 151 Å². The van der Waals surface area contributed by atoms with E-state index in [0.29, 0.717) is 18.4 Å². The van der Waals surface area contributed by atoms with Gasteiger partial charge in [-0.3, -0.25) is 0 Å². The summed E-state index contributed by atoms with van der Waals surface area (Å²) in [7, 11) is 0. The molecule has 1 rings (SSSR count). The number of aromatic nitrogens is 1. The van der Waals surface area contributed by atoms with E-state index in [2.05, 4.69) is 55.4 Å². The van der Waals surface area contributed by atoms with Crippen molar-refractivity contribution in [1.29, 1.82) is 0 Å². The van der Waals surface area contributed by atoms with Gasteiger partial charge in [-0.15, -0.1) is 24.0 Å². The number of rotatable bonds is 8. The van der Waals surface area contributed by atoms with E-state index in [0.717, 1.165) is 30.5 Å². The van der Waals surface area contributed by atoms with Gasteiger partial charge in [-0.1, -0.05) is 45.7 Å². The molecule has 0 aliphatic heterocycles. The minimum atomic E-state index is 0. The van der Waals surface area contributed by atoms with Gasteiger partial charge in [0.15, 0.2) is 11.7 Å². The average molecular weight is 422 g/mol. The predicted octanol–water partition coefficient (Wildman–Crippen LogP) is 3.91. The van der Waals surface area contributed by atoms with Crippen molar-refractivity contribution in [2.24, 2.45) is 10.9 Å². The summed E-state index contributed by atoms with van der Waals surface area (Å²) in [5.74, 6) is 2.71. The van der Waals surface area contributed by atoms with Crippen LogP contribution in [0.15, 0.2) is 15.6 Å². The monoisotopic (exact) mass is 422 g/mol. The highest BCUT2D eigenvalue weighted by Gasteiger charge is 2.08. The lowest BCUT2D eigenvalue weighted by atomic mass is 10.0. The largest absolute Gasteiger partial charge is 0.359 e. The Kier molecular flexibility index (Phi) is 11.3. The van der Waals surface area contributed by atoms with Gasteiger partial charge in [0.05, 0.1) is 5.69 Å². The number of aliphatic imine (C=N–C) groups is 1. The molecule has 0 aromatic carbocycles. The van der Waals surface area contributed by atoms with Crippen molar-refractivity contribution in [2.75, 3.05) is 13.1 Å². The molecule has 0 bridgehead atoms. The lowest BCUT2D eigenvalue weighted by molar-refractivity contribution is 0.376. The smallest absolute Gasteiger partial charge is 0.191 e. The van der Waals surface area contributed by atoms with Crippen LogP contribution in [0.25, 0.3) is 0 Å². The molecular weight excluding hydrogens is 391 g/mol. The summed E-state index contributed by atoms with van der Waals surface area (Å²) < 4.78 is 5.31. The van der Waals surface area contributed by atoms with E-state index in [4.69, 9.17) is 4.52 Å². The maximum absolute atomic E-state index is 5.31. The van der Waals surface area contributed by atoms with Crippen LogP contribution in [-0.2, 0) is 6.54 Å². The maximum atomic E-state index is 5.31. The molecule has 128 valence electrons. The standard InChI is InChI=1S/C16H30N4O.HI/c1-6-13(7-2)10-18-16(17-8-3)19-11-14-9-15(12(4)5)20-21-14;/h9,12-13H,6-8,10-11H2,1-5H3,(H2,17,18,19);1H. The second kappa shape index (κ2) is 11.7. The summed E-state index contributed by atoms with van der Waals surface area (Å²) in [5, 5.41) is 10.7. The van der Waals surface area contributed by atoms with Crippen LogP contribution in [-0.4, -0.2) is 24.2 Å². The molecule has 0 aliphatic carbocycles. The molecule has 0 atom stereocenters. The first-order valence-corrected chi connectivity index (χ1v) is 8.08. The van der Waals surface area contributed by atoms with Crippen LogP contribution in [0.3, 0.4) is 0 Å².